The Hall–Kier alpha value is -1.97. The van der Waals surface area contributed by atoms with Gasteiger partial charge in [-0.05, 0) is 62.4 Å². The van der Waals surface area contributed by atoms with Crippen LogP contribution in [-0.2, 0) is 11.3 Å². The van der Waals surface area contributed by atoms with E-state index in [1.165, 1.54) is 6.07 Å². The van der Waals surface area contributed by atoms with Crippen molar-refractivity contribution in [2.45, 2.75) is 44.4 Å². The largest absolute Gasteiger partial charge is 0.383 e. The van der Waals surface area contributed by atoms with E-state index in [-0.39, 0.29) is 23.4 Å². The van der Waals surface area contributed by atoms with Crippen LogP contribution in [0.2, 0.25) is 0 Å². The number of benzene rings is 1. The predicted molar refractivity (Wildman–Crippen MR) is 86.3 cm³/mol. The number of rotatable bonds is 5. The minimum absolute atomic E-state index is 0.0112. The molecule has 6 heteroatoms. The molecule has 3 rings (SSSR count). The molecule has 1 aromatic rings. The van der Waals surface area contributed by atoms with Gasteiger partial charge in [0, 0.05) is 12.6 Å². The van der Waals surface area contributed by atoms with Gasteiger partial charge < -0.3 is 10.4 Å². The van der Waals surface area contributed by atoms with Crippen molar-refractivity contribution in [3.63, 3.8) is 0 Å². The van der Waals surface area contributed by atoms with E-state index >= 15 is 0 Å². The van der Waals surface area contributed by atoms with Crippen LogP contribution in [0.15, 0.2) is 18.2 Å². The van der Waals surface area contributed by atoms with Crippen LogP contribution >= 0.6 is 0 Å². The smallest absolute Gasteiger partial charge is 0.249 e. The van der Waals surface area contributed by atoms with Crippen LogP contribution in [0.3, 0.4) is 0 Å². The van der Waals surface area contributed by atoms with Gasteiger partial charge in [0.1, 0.15) is 18.0 Å². The lowest BCUT2D eigenvalue weighted by Crippen LogP contribution is -2.44. The van der Waals surface area contributed by atoms with Gasteiger partial charge in [0.15, 0.2) is 0 Å². The number of hydrogen-bond acceptors (Lipinski definition) is 4. The first-order chi connectivity index (χ1) is 11.6. The number of hydrogen-bond donors (Lipinski definition) is 2. The first kappa shape index (κ1) is 16.9. The van der Waals surface area contributed by atoms with Crippen molar-refractivity contribution in [3.8, 4) is 6.07 Å². The van der Waals surface area contributed by atoms with Gasteiger partial charge in [0.05, 0.1) is 5.56 Å². The summed E-state index contributed by atoms with van der Waals surface area (Å²) >= 11 is 0. The molecule has 1 aliphatic heterocycles. The third kappa shape index (κ3) is 4.11. The number of halogens is 1. The number of amides is 1. The van der Waals surface area contributed by atoms with Gasteiger partial charge >= 0.3 is 0 Å². The van der Waals surface area contributed by atoms with Crippen molar-refractivity contribution in [2.75, 3.05) is 13.1 Å². The summed E-state index contributed by atoms with van der Waals surface area (Å²) in [7, 11) is 0. The van der Waals surface area contributed by atoms with Crippen LogP contribution in [0.4, 0.5) is 4.39 Å². The van der Waals surface area contributed by atoms with Gasteiger partial charge in [-0.15, -0.1) is 0 Å². The van der Waals surface area contributed by atoms with Gasteiger partial charge in [-0.25, -0.2) is 4.39 Å². The topological polar surface area (TPSA) is 76.4 Å². The van der Waals surface area contributed by atoms with Crippen molar-refractivity contribution in [1.29, 1.82) is 5.26 Å². The van der Waals surface area contributed by atoms with E-state index in [4.69, 9.17) is 5.26 Å². The molecule has 1 atom stereocenters. The molecule has 1 saturated heterocycles. The molecule has 0 bridgehead atoms. The number of nitrogens with zero attached hydrogens (tertiary/aromatic N) is 2. The summed E-state index contributed by atoms with van der Waals surface area (Å²) in [4.78, 5) is 14.1. The summed E-state index contributed by atoms with van der Waals surface area (Å²) in [5.74, 6) is -0.749. The minimum atomic E-state index is -0.927. The maximum absolute atomic E-state index is 13.4. The fraction of sp³-hybridized carbons (Fsp3) is 0.556. The number of carbonyl (C=O) groups is 1. The first-order valence-corrected chi connectivity index (χ1v) is 8.46. The zero-order valence-electron chi connectivity index (χ0n) is 13.5. The molecule has 2 aliphatic rings. The molecule has 1 amide bonds. The molecule has 128 valence electrons. The number of aliphatic hydroxyl groups is 1. The summed E-state index contributed by atoms with van der Waals surface area (Å²) in [5, 5.41) is 21.9. The monoisotopic (exact) mass is 331 g/mol. The molecule has 0 radical (unpaired) electrons. The quantitative estimate of drug-likeness (QED) is 0.858. The lowest BCUT2D eigenvalue weighted by molar-refractivity contribution is -0.133. The zero-order chi connectivity index (χ0) is 17.1. The van der Waals surface area contributed by atoms with Crippen LogP contribution in [0.1, 0.15) is 36.8 Å². The van der Waals surface area contributed by atoms with Crippen molar-refractivity contribution in [1.82, 2.24) is 10.2 Å². The Balaban J connectivity index is 1.49. The van der Waals surface area contributed by atoms with Gasteiger partial charge in [-0.2, -0.15) is 5.26 Å². The standard InChI is InChI=1S/C18H22FN3O2/c19-16-4-1-12(9-14(16)10-20)11-22-7-5-13(6-8-22)17(23)18(24)21-15-2-3-15/h1,4,9,13,15,17,23H,2-3,5-8,11H2,(H,21,24)/t17-/m1/s1. The summed E-state index contributed by atoms with van der Waals surface area (Å²) in [5.41, 5.74) is 0.966. The molecule has 5 nitrogen and oxygen atoms in total. The summed E-state index contributed by atoms with van der Waals surface area (Å²) in [6.45, 7) is 2.20. The summed E-state index contributed by atoms with van der Waals surface area (Å²) in [6.07, 6.45) is 2.61. The molecule has 2 fully saturated rings. The third-order valence-electron chi connectivity index (χ3n) is 4.83. The fourth-order valence-electron chi connectivity index (χ4n) is 3.17. The normalized spacial score (nSPS) is 20.4. The lowest BCUT2D eigenvalue weighted by Gasteiger charge is -2.33. The van der Waals surface area contributed by atoms with Crippen molar-refractivity contribution >= 4 is 5.91 Å². The third-order valence-corrected chi connectivity index (χ3v) is 4.83. The minimum Gasteiger partial charge on any atom is -0.383 e. The lowest BCUT2D eigenvalue weighted by atomic mass is 9.90. The Labute approximate surface area is 141 Å². The highest BCUT2D eigenvalue weighted by Gasteiger charge is 2.32. The van der Waals surface area contributed by atoms with E-state index in [1.807, 2.05) is 6.07 Å². The van der Waals surface area contributed by atoms with E-state index in [1.54, 1.807) is 12.1 Å². The zero-order valence-corrected chi connectivity index (χ0v) is 13.5. The van der Waals surface area contributed by atoms with E-state index in [0.29, 0.717) is 6.54 Å². The Morgan fingerprint density at radius 3 is 2.71 bits per heavy atom. The number of piperidine rings is 1. The highest BCUT2D eigenvalue weighted by molar-refractivity contribution is 5.81. The molecule has 1 heterocycles. The summed E-state index contributed by atoms with van der Waals surface area (Å²) < 4.78 is 13.4. The van der Waals surface area contributed by atoms with Gasteiger partial charge in [0.25, 0.3) is 0 Å². The Bertz CT molecular complexity index is 646. The van der Waals surface area contributed by atoms with Crippen LogP contribution in [0.25, 0.3) is 0 Å². The van der Waals surface area contributed by atoms with Crippen LogP contribution in [-0.4, -0.2) is 41.1 Å². The molecule has 1 aliphatic carbocycles. The molecular formula is C18H22FN3O2. The van der Waals surface area contributed by atoms with E-state index in [2.05, 4.69) is 10.2 Å². The van der Waals surface area contributed by atoms with Crippen LogP contribution < -0.4 is 5.32 Å². The number of nitriles is 1. The molecule has 2 N–H and O–H groups in total. The maximum atomic E-state index is 13.4. The molecule has 0 spiro atoms. The molecule has 1 saturated carbocycles. The predicted octanol–water partition coefficient (Wildman–Crippen LogP) is 1.55. The molecule has 24 heavy (non-hydrogen) atoms. The second-order valence-corrected chi connectivity index (χ2v) is 6.77. The molecular weight excluding hydrogens is 309 g/mol. The number of aliphatic hydroxyl groups excluding tert-OH is 1. The molecule has 0 aromatic heterocycles. The molecule has 0 unspecified atom stereocenters. The average molecular weight is 331 g/mol. The van der Waals surface area contributed by atoms with Crippen molar-refractivity contribution in [2.24, 2.45) is 5.92 Å². The van der Waals surface area contributed by atoms with Crippen LogP contribution in [0.5, 0.6) is 0 Å². The highest BCUT2D eigenvalue weighted by Crippen LogP contribution is 2.24. The summed E-state index contributed by atoms with van der Waals surface area (Å²) in [6, 6.07) is 6.72. The van der Waals surface area contributed by atoms with E-state index in [0.717, 1.165) is 44.3 Å². The average Bonchev–Trinajstić information content (AvgIpc) is 3.40. The fourth-order valence-corrected chi connectivity index (χ4v) is 3.17. The van der Waals surface area contributed by atoms with Crippen molar-refractivity contribution < 1.29 is 14.3 Å². The van der Waals surface area contributed by atoms with Gasteiger partial charge in [-0.1, -0.05) is 6.07 Å². The number of nitrogens with one attached hydrogen (secondary N) is 1. The first-order valence-electron chi connectivity index (χ1n) is 8.46. The van der Waals surface area contributed by atoms with Crippen LogP contribution in [0, 0.1) is 23.1 Å². The number of likely N-dealkylation sites (tertiary alicyclic amines) is 1. The van der Waals surface area contributed by atoms with Crippen molar-refractivity contribution in [3.05, 3.63) is 35.1 Å². The maximum Gasteiger partial charge on any atom is 0.249 e. The van der Waals surface area contributed by atoms with E-state index < -0.39 is 11.9 Å². The van der Waals surface area contributed by atoms with E-state index in [9.17, 15) is 14.3 Å². The SMILES string of the molecule is N#Cc1cc(CN2CCC([C@@H](O)C(=O)NC3CC3)CC2)ccc1F. The Kier molecular flexibility index (Phi) is 5.12. The molecule has 1 aromatic carbocycles. The second kappa shape index (κ2) is 7.29. The Morgan fingerprint density at radius 1 is 1.38 bits per heavy atom. The second-order valence-electron chi connectivity index (χ2n) is 6.77. The number of carbonyl (C=O) groups excluding carboxylic acids is 1. The van der Waals surface area contributed by atoms with Gasteiger partial charge in [0.2, 0.25) is 5.91 Å². The Morgan fingerprint density at radius 2 is 2.08 bits per heavy atom. The van der Waals surface area contributed by atoms with Gasteiger partial charge in [-0.3, -0.25) is 9.69 Å². The highest BCUT2D eigenvalue weighted by atomic mass is 19.1.